The fraction of sp³-hybridized carbons (Fsp3) is 0.633. The summed E-state index contributed by atoms with van der Waals surface area (Å²) in [7, 11) is 0. The second-order valence-electron chi connectivity index (χ2n) is 12.7. The first-order chi connectivity index (χ1) is 18.4. The molecule has 6 bridgehead atoms. The highest BCUT2D eigenvalue weighted by Crippen LogP contribution is 2.60. The average Bonchev–Trinajstić information content (AvgIpc) is 3.44. The molecule has 8 heteroatoms. The second-order valence-corrected chi connectivity index (χ2v) is 15.1. The Morgan fingerprint density at radius 1 is 1.03 bits per heavy atom. The van der Waals surface area contributed by atoms with E-state index in [-0.39, 0.29) is 36.2 Å². The van der Waals surface area contributed by atoms with Gasteiger partial charge in [-0.15, -0.1) is 11.3 Å². The van der Waals surface area contributed by atoms with Gasteiger partial charge in [0.15, 0.2) is 10.5 Å². The lowest BCUT2D eigenvalue weighted by molar-refractivity contribution is -0.140. The van der Waals surface area contributed by atoms with Gasteiger partial charge >= 0.3 is 0 Å². The number of fused-ring (bicyclic) bond motifs is 2. The third-order valence-corrected chi connectivity index (χ3v) is 11.8. The van der Waals surface area contributed by atoms with Gasteiger partial charge < -0.3 is 15.0 Å². The molecule has 1 saturated heterocycles. The Bertz CT molecular complexity index is 1160. The maximum absolute atomic E-state index is 13.1. The standard InChI is InChI=1S/C30H36BrN3O3S/c31-29-33-14-25(38-29)13-32-28(36)27-21-1-2-22(27)16-34(15-21)26(35)17-37-24-5-3-23(4-6-24)30-10-18-7-19(11-30)9-20(8-18)12-30/h3-6,14,18-22,27H,1-2,7-13,15-17H2,(H,32,36)/t18?,19?,20?,21-,22-,30?/m1/s1. The van der Waals surface area contributed by atoms with Crippen molar-refractivity contribution in [2.24, 2.45) is 35.5 Å². The second kappa shape index (κ2) is 9.92. The molecule has 2 aromatic rings. The van der Waals surface area contributed by atoms with E-state index < -0.39 is 0 Å². The molecule has 38 heavy (non-hydrogen) atoms. The first kappa shape index (κ1) is 25.1. The Balaban J connectivity index is 0.919. The smallest absolute Gasteiger partial charge is 0.260 e. The molecule has 202 valence electrons. The van der Waals surface area contributed by atoms with Gasteiger partial charge in [-0.25, -0.2) is 4.98 Å². The molecule has 2 amide bonds. The number of carbonyl (C=O) groups is 2. The highest BCUT2D eigenvalue weighted by Gasteiger charge is 2.51. The van der Waals surface area contributed by atoms with Crippen LogP contribution >= 0.6 is 27.3 Å². The lowest BCUT2D eigenvalue weighted by Gasteiger charge is -2.57. The fourth-order valence-electron chi connectivity index (χ4n) is 9.12. The molecule has 2 atom stereocenters. The molecule has 1 aliphatic heterocycles. The van der Waals surface area contributed by atoms with E-state index in [4.69, 9.17) is 4.74 Å². The van der Waals surface area contributed by atoms with Gasteiger partial charge in [-0.2, -0.15) is 0 Å². The highest BCUT2D eigenvalue weighted by molar-refractivity contribution is 9.11. The van der Waals surface area contributed by atoms with E-state index >= 15 is 0 Å². The van der Waals surface area contributed by atoms with Crippen LogP contribution in [0.15, 0.2) is 34.4 Å². The number of aromatic nitrogens is 1. The zero-order chi connectivity index (χ0) is 25.9. The minimum atomic E-state index is -0.00606. The van der Waals surface area contributed by atoms with E-state index in [2.05, 4.69) is 50.5 Å². The number of nitrogens with one attached hydrogen (secondary N) is 1. The molecule has 0 spiro atoms. The molecule has 1 N–H and O–H groups in total. The molecule has 1 aromatic carbocycles. The van der Waals surface area contributed by atoms with Crippen molar-refractivity contribution in [1.82, 2.24) is 15.2 Å². The molecule has 1 aromatic heterocycles. The molecule has 8 rings (SSSR count). The topological polar surface area (TPSA) is 71.5 Å². The number of rotatable bonds is 7. The molecule has 6 nitrogen and oxygen atoms in total. The number of hydrogen-bond acceptors (Lipinski definition) is 5. The molecule has 5 aliphatic carbocycles. The molecular formula is C30H36BrN3O3S. The Kier molecular flexibility index (Phi) is 6.54. The van der Waals surface area contributed by atoms with Crippen LogP contribution in [0.1, 0.15) is 61.8 Å². The number of likely N-dealkylation sites (tertiary alicyclic amines) is 1. The summed E-state index contributed by atoms with van der Waals surface area (Å²) in [5.41, 5.74) is 1.87. The van der Waals surface area contributed by atoms with Crippen molar-refractivity contribution < 1.29 is 14.3 Å². The maximum atomic E-state index is 13.1. The minimum Gasteiger partial charge on any atom is -0.484 e. The number of hydrogen-bond donors (Lipinski definition) is 1. The summed E-state index contributed by atoms with van der Waals surface area (Å²) in [5, 5.41) is 3.10. The van der Waals surface area contributed by atoms with Crippen LogP contribution in [0.25, 0.3) is 0 Å². The number of benzene rings is 1. The van der Waals surface area contributed by atoms with Gasteiger partial charge in [0.25, 0.3) is 5.91 Å². The number of thiazole rings is 1. The quantitative estimate of drug-likeness (QED) is 0.454. The van der Waals surface area contributed by atoms with E-state index in [0.29, 0.717) is 25.0 Å². The summed E-state index contributed by atoms with van der Waals surface area (Å²) in [6.07, 6.45) is 12.2. The lowest BCUT2D eigenvalue weighted by atomic mass is 9.48. The summed E-state index contributed by atoms with van der Waals surface area (Å²) < 4.78 is 6.80. The van der Waals surface area contributed by atoms with E-state index in [1.165, 1.54) is 55.4 Å². The zero-order valence-electron chi connectivity index (χ0n) is 21.7. The van der Waals surface area contributed by atoms with Crippen LogP contribution in [0.2, 0.25) is 0 Å². The van der Waals surface area contributed by atoms with Gasteiger partial charge in [-0.3, -0.25) is 9.59 Å². The van der Waals surface area contributed by atoms with Crippen molar-refractivity contribution >= 4 is 39.1 Å². The van der Waals surface area contributed by atoms with Crippen LogP contribution in [-0.2, 0) is 21.5 Å². The molecule has 5 saturated carbocycles. The molecular weight excluding hydrogens is 562 g/mol. The van der Waals surface area contributed by atoms with Crippen molar-refractivity contribution in [3.8, 4) is 5.75 Å². The lowest BCUT2D eigenvalue weighted by Crippen LogP contribution is -2.50. The van der Waals surface area contributed by atoms with Crippen LogP contribution in [0.5, 0.6) is 5.75 Å². The van der Waals surface area contributed by atoms with Crippen LogP contribution in [0.3, 0.4) is 0 Å². The minimum absolute atomic E-state index is 0.00606. The van der Waals surface area contributed by atoms with E-state index in [9.17, 15) is 9.59 Å². The van der Waals surface area contributed by atoms with Crippen molar-refractivity contribution in [1.29, 1.82) is 0 Å². The monoisotopic (exact) mass is 597 g/mol. The van der Waals surface area contributed by atoms with Gasteiger partial charge in [0.05, 0.1) is 6.54 Å². The zero-order valence-corrected chi connectivity index (χ0v) is 24.1. The summed E-state index contributed by atoms with van der Waals surface area (Å²) in [6, 6.07) is 8.68. The predicted molar refractivity (Wildman–Crippen MR) is 150 cm³/mol. The number of halogens is 1. The first-order valence-corrected chi connectivity index (χ1v) is 15.9. The molecule has 6 fully saturated rings. The fourth-order valence-corrected chi connectivity index (χ4v) is 10.4. The Labute approximate surface area is 237 Å². The van der Waals surface area contributed by atoms with Gasteiger partial charge in [0.1, 0.15) is 5.75 Å². The molecule has 2 heterocycles. The molecule has 6 aliphatic rings. The maximum Gasteiger partial charge on any atom is 0.260 e. The van der Waals surface area contributed by atoms with Gasteiger partial charge in [0.2, 0.25) is 5.91 Å². The van der Waals surface area contributed by atoms with Gasteiger partial charge in [-0.05, 0) is 120 Å². The van der Waals surface area contributed by atoms with Crippen molar-refractivity contribution in [2.45, 2.75) is 63.3 Å². The Hall–Kier alpha value is -1.93. The SMILES string of the molecule is O=C(NCc1cnc(Br)s1)C1[C@@H]2CC[C@@H]1CN(C(=O)COc1ccc(C34CC5CC(CC(C5)C3)C4)cc1)C2. The third-order valence-electron chi connectivity index (χ3n) is 10.3. The van der Waals surface area contributed by atoms with Crippen LogP contribution in [-0.4, -0.2) is 41.4 Å². The van der Waals surface area contributed by atoms with Crippen LogP contribution < -0.4 is 10.1 Å². The molecule has 0 unspecified atom stereocenters. The summed E-state index contributed by atoms with van der Waals surface area (Å²) in [5.74, 6) is 4.16. The van der Waals surface area contributed by atoms with Crippen LogP contribution in [0.4, 0.5) is 0 Å². The number of piperidine rings is 1. The first-order valence-electron chi connectivity index (χ1n) is 14.3. The van der Waals surface area contributed by atoms with E-state index in [0.717, 1.165) is 45.1 Å². The summed E-state index contributed by atoms with van der Waals surface area (Å²) in [4.78, 5) is 33.2. The molecule has 0 radical (unpaired) electrons. The number of amides is 2. The van der Waals surface area contributed by atoms with E-state index in [1.807, 2.05) is 4.90 Å². The average molecular weight is 599 g/mol. The normalized spacial score (nSPS) is 34.9. The largest absolute Gasteiger partial charge is 0.484 e. The highest BCUT2D eigenvalue weighted by atomic mass is 79.9. The van der Waals surface area contributed by atoms with Crippen LogP contribution in [0, 0.1) is 35.5 Å². The van der Waals surface area contributed by atoms with Crippen molar-refractivity contribution in [2.75, 3.05) is 19.7 Å². The number of carbonyl (C=O) groups excluding carboxylic acids is 2. The predicted octanol–water partition coefficient (Wildman–Crippen LogP) is 5.55. The number of ether oxygens (including phenoxy) is 1. The van der Waals surface area contributed by atoms with Gasteiger partial charge in [-0.1, -0.05) is 12.1 Å². The van der Waals surface area contributed by atoms with Gasteiger partial charge in [0, 0.05) is 30.1 Å². The Morgan fingerprint density at radius 3 is 2.24 bits per heavy atom. The van der Waals surface area contributed by atoms with Crippen molar-refractivity contribution in [3.63, 3.8) is 0 Å². The summed E-state index contributed by atoms with van der Waals surface area (Å²) in [6.45, 7) is 1.87. The van der Waals surface area contributed by atoms with E-state index in [1.54, 1.807) is 6.20 Å². The number of nitrogens with zero attached hydrogens (tertiary/aromatic N) is 2. The third kappa shape index (κ3) is 4.70. The summed E-state index contributed by atoms with van der Waals surface area (Å²) >= 11 is 4.91. The Morgan fingerprint density at radius 2 is 1.66 bits per heavy atom. The van der Waals surface area contributed by atoms with Crippen molar-refractivity contribution in [3.05, 3.63) is 44.8 Å².